The molecule has 284 valence electrons. The molecule has 0 aliphatic heterocycles. The van der Waals surface area contributed by atoms with Crippen molar-refractivity contribution in [3.63, 3.8) is 0 Å². The number of rotatable bonds is 5. The lowest BCUT2D eigenvalue weighted by molar-refractivity contribution is 0.660. The topological polar surface area (TPSA) is 3.24 Å². The molecule has 0 amide bonds. The van der Waals surface area contributed by atoms with Gasteiger partial charge in [-0.15, -0.1) is 0 Å². The monoisotopic (exact) mass is 765 g/mol. The number of anilines is 3. The first-order chi connectivity index (χ1) is 29.5. The molecule has 2 aliphatic carbocycles. The minimum Gasteiger partial charge on any atom is -0.310 e. The van der Waals surface area contributed by atoms with Gasteiger partial charge in [0.15, 0.2) is 0 Å². The van der Waals surface area contributed by atoms with E-state index in [1.807, 2.05) is 0 Å². The Labute approximate surface area is 351 Å². The molecular weight excluding hydrogens is 723 g/mol. The van der Waals surface area contributed by atoms with Gasteiger partial charge in [0, 0.05) is 22.2 Å². The van der Waals surface area contributed by atoms with Crippen LogP contribution in [0.4, 0.5) is 17.1 Å². The number of hydrogen-bond donors (Lipinski definition) is 0. The molecule has 60 heavy (non-hydrogen) atoms. The van der Waals surface area contributed by atoms with Crippen LogP contribution >= 0.6 is 0 Å². The van der Waals surface area contributed by atoms with Crippen molar-refractivity contribution in [3.05, 3.63) is 216 Å². The third-order valence-electron chi connectivity index (χ3n) is 13.5. The summed E-state index contributed by atoms with van der Waals surface area (Å²) in [6.45, 7) is 4.71. The minimum atomic E-state index is -0.0485. The van der Waals surface area contributed by atoms with Crippen LogP contribution < -0.4 is 4.90 Å². The van der Waals surface area contributed by atoms with Crippen LogP contribution in [-0.4, -0.2) is 0 Å². The van der Waals surface area contributed by atoms with Gasteiger partial charge in [0.2, 0.25) is 0 Å². The zero-order valence-corrected chi connectivity index (χ0v) is 33.9. The number of hydrogen-bond acceptors (Lipinski definition) is 1. The standard InChI is InChI=1S/C59H43N/c1-59(2)55-24-12-11-21-49(55)54-37-45(32-33-56(54)59)60(57-25-13-17-39-15-5-6-18-46(39)57)44-30-28-40(29-31-44)52-35-43-36-53(42-27-26-38-14-3-4-16-41(38)34-42)48-20-8-10-23-51(48)58(43)50-22-9-7-19-47(50)52/h3-6,8-18,20-37H,7,19H2,1-2H3. The SMILES string of the molecule is CC1(C)c2ccccc2-c2cc(N(c3ccc(-c4cc5cc(-c6ccc7ccccc7c6)c6ccccc6c5c5c4CCC=C5)cc3)c3cccc4ccccc34)ccc21. The maximum absolute atomic E-state index is 2.47. The van der Waals surface area contributed by atoms with Crippen LogP contribution in [0.2, 0.25) is 0 Å². The molecule has 12 rings (SSSR count). The lowest BCUT2D eigenvalue weighted by Gasteiger charge is -2.28. The molecule has 0 saturated heterocycles. The average Bonchev–Trinajstić information content (AvgIpc) is 3.53. The van der Waals surface area contributed by atoms with Crippen molar-refractivity contribution in [2.24, 2.45) is 0 Å². The second kappa shape index (κ2) is 13.4. The smallest absolute Gasteiger partial charge is 0.0540 e. The fourth-order valence-corrected chi connectivity index (χ4v) is 10.6. The van der Waals surface area contributed by atoms with Crippen molar-refractivity contribution in [1.29, 1.82) is 0 Å². The first-order valence-electron chi connectivity index (χ1n) is 21.3. The highest BCUT2D eigenvalue weighted by Gasteiger charge is 2.35. The summed E-state index contributed by atoms with van der Waals surface area (Å²) in [5.74, 6) is 0. The number of fused-ring (bicyclic) bond motifs is 10. The molecular formula is C59H43N. The maximum atomic E-state index is 2.47. The molecule has 0 saturated carbocycles. The second-order valence-corrected chi connectivity index (χ2v) is 17.2. The first-order valence-corrected chi connectivity index (χ1v) is 21.3. The van der Waals surface area contributed by atoms with Crippen LogP contribution in [0.5, 0.6) is 0 Å². The van der Waals surface area contributed by atoms with Crippen LogP contribution in [0.1, 0.15) is 42.5 Å². The Bertz CT molecular complexity index is 3400. The summed E-state index contributed by atoms with van der Waals surface area (Å²) in [7, 11) is 0. The Hall–Kier alpha value is -7.22. The van der Waals surface area contributed by atoms with Crippen LogP contribution in [0.25, 0.3) is 82.5 Å². The maximum Gasteiger partial charge on any atom is 0.0540 e. The normalized spacial score (nSPS) is 13.8. The van der Waals surface area contributed by atoms with Gasteiger partial charge in [-0.25, -0.2) is 0 Å². The number of benzene rings is 10. The van der Waals surface area contributed by atoms with Crippen molar-refractivity contribution in [1.82, 2.24) is 0 Å². The fourth-order valence-electron chi connectivity index (χ4n) is 10.6. The highest BCUT2D eigenvalue weighted by molar-refractivity contribution is 6.18. The molecule has 0 N–H and O–H groups in total. The van der Waals surface area contributed by atoms with Gasteiger partial charge in [-0.1, -0.05) is 166 Å². The molecule has 10 aromatic rings. The molecule has 0 heterocycles. The van der Waals surface area contributed by atoms with Gasteiger partial charge in [0.1, 0.15) is 0 Å². The fraction of sp³-hybridized carbons (Fsp3) is 0.0847. The Morgan fingerprint density at radius 2 is 1.10 bits per heavy atom. The molecule has 0 atom stereocenters. The summed E-state index contributed by atoms with van der Waals surface area (Å²) >= 11 is 0. The Kier molecular flexibility index (Phi) is 7.78. The summed E-state index contributed by atoms with van der Waals surface area (Å²) in [5.41, 5.74) is 16.7. The van der Waals surface area contributed by atoms with Gasteiger partial charge >= 0.3 is 0 Å². The molecule has 0 unspecified atom stereocenters. The highest BCUT2D eigenvalue weighted by atomic mass is 15.1. The zero-order valence-electron chi connectivity index (χ0n) is 33.9. The minimum absolute atomic E-state index is 0.0485. The van der Waals surface area contributed by atoms with Gasteiger partial charge in [-0.2, -0.15) is 0 Å². The molecule has 0 spiro atoms. The average molecular weight is 766 g/mol. The van der Waals surface area contributed by atoms with Gasteiger partial charge in [0.25, 0.3) is 0 Å². The van der Waals surface area contributed by atoms with Crippen molar-refractivity contribution in [3.8, 4) is 33.4 Å². The summed E-state index contributed by atoms with van der Waals surface area (Å²) in [4.78, 5) is 2.46. The van der Waals surface area contributed by atoms with Crippen LogP contribution in [0, 0.1) is 0 Å². The quantitative estimate of drug-likeness (QED) is 0.158. The molecule has 0 radical (unpaired) electrons. The number of allylic oxidation sites excluding steroid dienone is 1. The van der Waals surface area contributed by atoms with Gasteiger partial charge in [-0.3, -0.25) is 0 Å². The van der Waals surface area contributed by atoms with E-state index in [0.717, 1.165) is 24.2 Å². The van der Waals surface area contributed by atoms with E-state index in [-0.39, 0.29) is 5.41 Å². The van der Waals surface area contributed by atoms with E-state index in [0.29, 0.717) is 0 Å². The molecule has 1 nitrogen and oxygen atoms in total. The first kappa shape index (κ1) is 34.8. The molecule has 0 aromatic heterocycles. The largest absolute Gasteiger partial charge is 0.310 e. The predicted octanol–water partition coefficient (Wildman–Crippen LogP) is 16.4. The highest BCUT2D eigenvalue weighted by Crippen LogP contribution is 2.51. The van der Waals surface area contributed by atoms with Crippen LogP contribution in [-0.2, 0) is 11.8 Å². The molecule has 1 heteroatoms. The van der Waals surface area contributed by atoms with E-state index in [9.17, 15) is 0 Å². The van der Waals surface area contributed by atoms with Crippen molar-refractivity contribution in [2.75, 3.05) is 4.90 Å². The third kappa shape index (κ3) is 5.32. The predicted molar refractivity (Wildman–Crippen MR) is 257 cm³/mol. The Morgan fingerprint density at radius 1 is 0.433 bits per heavy atom. The summed E-state index contributed by atoms with van der Waals surface area (Å²) in [5, 5.41) is 10.2. The Balaban J connectivity index is 1.03. The van der Waals surface area contributed by atoms with Crippen LogP contribution in [0.3, 0.4) is 0 Å². The molecule has 0 bridgehead atoms. The lowest BCUT2D eigenvalue weighted by Crippen LogP contribution is -2.15. The van der Waals surface area contributed by atoms with E-state index < -0.39 is 0 Å². The van der Waals surface area contributed by atoms with Crippen molar-refractivity contribution in [2.45, 2.75) is 32.1 Å². The van der Waals surface area contributed by atoms with E-state index >= 15 is 0 Å². The van der Waals surface area contributed by atoms with Crippen molar-refractivity contribution >= 4 is 66.2 Å². The molecule has 10 aromatic carbocycles. The summed E-state index contributed by atoms with van der Waals surface area (Å²) < 4.78 is 0. The second-order valence-electron chi connectivity index (χ2n) is 17.2. The van der Waals surface area contributed by atoms with Crippen LogP contribution in [0.15, 0.2) is 194 Å². The molecule has 2 aliphatic rings. The van der Waals surface area contributed by atoms with Crippen molar-refractivity contribution < 1.29 is 0 Å². The zero-order chi connectivity index (χ0) is 40.0. The third-order valence-corrected chi connectivity index (χ3v) is 13.5. The lowest BCUT2D eigenvalue weighted by atomic mass is 9.82. The van der Waals surface area contributed by atoms with E-state index in [2.05, 4.69) is 219 Å². The number of nitrogens with zero attached hydrogens (tertiary/aromatic N) is 1. The van der Waals surface area contributed by atoms with Gasteiger partial charge in [-0.05, 0) is 155 Å². The van der Waals surface area contributed by atoms with E-state index in [1.165, 1.54) is 104 Å². The summed E-state index contributed by atoms with van der Waals surface area (Å²) in [6.07, 6.45) is 6.81. The summed E-state index contributed by atoms with van der Waals surface area (Å²) in [6, 6.07) is 70.3. The molecule has 0 fully saturated rings. The van der Waals surface area contributed by atoms with Gasteiger partial charge < -0.3 is 4.90 Å². The van der Waals surface area contributed by atoms with E-state index in [4.69, 9.17) is 0 Å². The Morgan fingerprint density at radius 3 is 1.97 bits per heavy atom. The van der Waals surface area contributed by atoms with Gasteiger partial charge in [0.05, 0.1) is 5.69 Å². The van der Waals surface area contributed by atoms with E-state index in [1.54, 1.807) is 0 Å².